The average molecular weight is 941 g/mol. The van der Waals surface area contributed by atoms with Gasteiger partial charge in [-0.3, -0.25) is 4.79 Å². The van der Waals surface area contributed by atoms with Gasteiger partial charge in [-0.1, -0.05) is 65.1 Å². The first-order valence-corrected chi connectivity index (χ1v) is 21.6. The van der Waals surface area contributed by atoms with Crippen molar-refractivity contribution in [1.82, 2.24) is 30.2 Å². The summed E-state index contributed by atoms with van der Waals surface area (Å²) in [5, 5.41) is 24.9. The topological polar surface area (TPSA) is 168 Å². The lowest BCUT2D eigenvalue weighted by molar-refractivity contribution is -0.126. The second-order valence-electron chi connectivity index (χ2n) is 15.2. The molecule has 17 heteroatoms. The molecule has 2 aliphatic heterocycles. The number of ether oxygens (including phenoxy) is 4. The van der Waals surface area contributed by atoms with Gasteiger partial charge >= 0.3 is 0 Å². The number of hydrogen-bond acceptors (Lipinski definition) is 12. The van der Waals surface area contributed by atoms with Crippen LogP contribution in [0.5, 0.6) is 23.0 Å². The van der Waals surface area contributed by atoms with Gasteiger partial charge in [0.15, 0.2) is 0 Å². The van der Waals surface area contributed by atoms with E-state index < -0.39 is 6.04 Å². The van der Waals surface area contributed by atoms with E-state index in [0.29, 0.717) is 85.3 Å². The molecule has 0 aliphatic carbocycles. The molecule has 2 aromatic heterocycles. The normalized spacial score (nSPS) is 17.9. The molecule has 13 nitrogen and oxygen atoms in total. The lowest BCUT2D eigenvalue weighted by Gasteiger charge is -2.17. The predicted molar refractivity (Wildman–Crippen MR) is 249 cm³/mol. The van der Waals surface area contributed by atoms with Crippen LogP contribution in [0.15, 0.2) is 73.6 Å². The number of carbonyl (C=O) groups is 1. The zero-order valence-electron chi connectivity index (χ0n) is 35.3. The minimum Gasteiger partial charge on any atom is -0.495 e. The Labute approximate surface area is 390 Å². The molecule has 0 saturated carbocycles. The van der Waals surface area contributed by atoms with Crippen molar-refractivity contribution < 1.29 is 23.7 Å². The Morgan fingerprint density at radius 1 is 0.734 bits per heavy atom. The first-order valence-electron chi connectivity index (χ1n) is 20.1. The van der Waals surface area contributed by atoms with Gasteiger partial charge < -0.3 is 29.2 Å². The molecule has 2 aliphatic rings. The SMILES string of the molecule is C=CC(=O)N1C[C@@H](Cc2ncc3cc(-c4c(Cl)c(OC)cc(OC)c4Cl)ccc3n2)C[C@H]1C#N.COc1cc(OC)c(Cl)c(-c2ccc3nc(C[C@@H]4CN[C@H](C#N)C4)ncc3c2)c1Cl. The summed E-state index contributed by atoms with van der Waals surface area (Å²) < 4.78 is 21.5. The van der Waals surface area contributed by atoms with E-state index in [-0.39, 0.29) is 17.9 Å². The zero-order valence-corrected chi connectivity index (χ0v) is 38.3. The molecule has 64 heavy (non-hydrogen) atoms. The van der Waals surface area contributed by atoms with Crippen molar-refractivity contribution in [2.24, 2.45) is 11.8 Å². The molecule has 1 N–H and O–H groups in total. The molecule has 1 amide bonds. The van der Waals surface area contributed by atoms with Gasteiger partial charge in [0.05, 0.1) is 77.7 Å². The number of nitrogens with one attached hydrogen (secondary N) is 1. The maximum Gasteiger partial charge on any atom is 0.247 e. The molecule has 328 valence electrons. The minimum absolute atomic E-state index is 0.0765. The largest absolute Gasteiger partial charge is 0.495 e. The van der Waals surface area contributed by atoms with Crippen molar-refractivity contribution in [2.45, 2.75) is 37.8 Å². The van der Waals surface area contributed by atoms with Gasteiger partial charge in [0.2, 0.25) is 5.91 Å². The van der Waals surface area contributed by atoms with Crippen molar-refractivity contribution in [1.29, 1.82) is 10.5 Å². The van der Waals surface area contributed by atoms with Crippen molar-refractivity contribution in [3.8, 4) is 57.4 Å². The van der Waals surface area contributed by atoms with Crippen molar-refractivity contribution >= 4 is 74.1 Å². The van der Waals surface area contributed by atoms with Crippen LogP contribution >= 0.6 is 46.4 Å². The number of benzene rings is 4. The van der Waals surface area contributed by atoms with Crippen LogP contribution in [0.1, 0.15) is 24.5 Å². The average Bonchev–Trinajstić information content (AvgIpc) is 3.95. The highest BCUT2D eigenvalue weighted by Gasteiger charge is 2.35. The molecule has 0 unspecified atom stereocenters. The number of aromatic nitrogens is 4. The highest BCUT2D eigenvalue weighted by molar-refractivity contribution is 6.42. The van der Waals surface area contributed by atoms with Crippen LogP contribution in [-0.2, 0) is 17.6 Å². The minimum atomic E-state index is -0.451. The van der Waals surface area contributed by atoms with E-state index >= 15 is 0 Å². The number of nitriles is 2. The van der Waals surface area contributed by atoms with Crippen molar-refractivity contribution in [3.63, 3.8) is 0 Å². The summed E-state index contributed by atoms with van der Waals surface area (Å²) in [5.74, 6) is 3.57. The van der Waals surface area contributed by atoms with Gasteiger partial charge in [-0.05, 0) is 72.7 Å². The number of nitrogens with zero attached hydrogens (tertiary/aromatic N) is 7. The number of carbonyl (C=O) groups excluding carboxylic acids is 1. The van der Waals surface area contributed by atoms with E-state index in [1.54, 1.807) is 37.4 Å². The van der Waals surface area contributed by atoms with Crippen LogP contribution in [0.25, 0.3) is 44.1 Å². The first-order chi connectivity index (χ1) is 30.9. The number of rotatable bonds is 11. The summed E-state index contributed by atoms with van der Waals surface area (Å²) in [6.45, 7) is 4.82. The molecular formula is C47H42Cl4N8O5. The van der Waals surface area contributed by atoms with E-state index in [9.17, 15) is 10.1 Å². The highest BCUT2D eigenvalue weighted by atomic mass is 35.5. The van der Waals surface area contributed by atoms with Gasteiger partial charge in [-0.2, -0.15) is 10.5 Å². The van der Waals surface area contributed by atoms with Gasteiger partial charge in [0.25, 0.3) is 0 Å². The van der Waals surface area contributed by atoms with Gasteiger partial charge in [0, 0.05) is 65.8 Å². The number of hydrogen-bond donors (Lipinski definition) is 1. The molecule has 0 spiro atoms. The van der Waals surface area contributed by atoms with E-state index in [1.807, 2.05) is 42.6 Å². The van der Waals surface area contributed by atoms with E-state index in [0.717, 1.165) is 58.1 Å². The molecule has 4 atom stereocenters. The fraction of sp³-hybridized carbons (Fsp3) is 0.298. The number of amides is 1. The number of methoxy groups -OCH3 is 4. The van der Waals surface area contributed by atoms with Gasteiger partial charge in [-0.15, -0.1) is 0 Å². The summed E-state index contributed by atoms with van der Waals surface area (Å²) in [5.41, 5.74) is 4.45. The standard InChI is InChI=1S/C25H22Cl2N4O3.C22H20Cl2N4O2/c1-4-22(32)31-13-14(7-17(31)11-28)8-21-29-12-16-9-15(5-6-18(16)30-21)23-24(26)19(33-2)10-20(34-3)25(23)27;1-29-17-8-18(30-2)22(24)20(21(17)23)13-3-4-16-14(7-13)11-27-19(28-16)6-12-5-15(9-25)26-10-12/h4-6,9-10,12,14,17H,1,7-8,13H2,2-3H3;3-4,7-8,11-12,15,26H,5-6,10H2,1-2H3/t14-,17+;12-,15+/m11/s1. The zero-order chi connectivity index (χ0) is 45.7. The Bertz CT molecular complexity index is 2790. The van der Waals surface area contributed by atoms with Crippen LogP contribution in [0.2, 0.25) is 20.1 Å². The molecule has 4 heterocycles. The second kappa shape index (κ2) is 20.3. The maximum absolute atomic E-state index is 12.0. The van der Waals surface area contributed by atoms with Gasteiger partial charge in [-0.25, -0.2) is 19.9 Å². The smallest absolute Gasteiger partial charge is 0.247 e. The lowest BCUT2D eigenvalue weighted by atomic mass is 10.0. The van der Waals surface area contributed by atoms with E-state index in [2.05, 4.69) is 34.0 Å². The van der Waals surface area contributed by atoms with Crippen LogP contribution in [0.4, 0.5) is 0 Å². The lowest BCUT2D eigenvalue weighted by Crippen LogP contribution is -2.33. The van der Waals surface area contributed by atoms with Crippen molar-refractivity contribution in [2.75, 3.05) is 41.5 Å². The molecule has 4 aromatic carbocycles. The Balaban J connectivity index is 0.000000193. The molecule has 2 saturated heterocycles. The molecule has 2 fully saturated rings. The van der Waals surface area contributed by atoms with E-state index in [4.69, 9.17) is 80.6 Å². The molecule has 6 aromatic rings. The number of halogens is 4. The number of likely N-dealkylation sites (tertiary alicyclic amines) is 1. The molecule has 0 radical (unpaired) electrons. The summed E-state index contributed by atoms with van der Waals surface area (Å²) in [6, 6.07) is 18.7. The summed E-state index contributed by atoms with van der Waals surface area (Å²) >= 11 is 26.2. The number of fused-ring (bicyclic) bond motifs is 2. The molecule has 8 rings (SSSR count). The van der Waals surface area contributed by atoms with Crippen LogP contribution in [0.3, 0.4) is 0 Å². The summed E-state index contributed by atoms with van der Waals surface area (Å²) in [6.07, 6.45) is 7.54. The third-order valence-corrected chi connectivity index (χ3v) is 12.8. The monoisotopic (exact) mass is 938 g/mol. The quantitative estimate of drug-likeness (QED) is 0.122. The van der Waals surface area contributed by atoms with Crippen LogP contribution in [0, 0.1) is 34.5 Å². The summed E-state index contributed by atoms with van der Waals surface area (Å²) in [7, 11) is 6.16. The third-order valence-electron chi connectivity index (χ3n) is 11.3. The fourth-order valence-corrected chi connectivity index (χ4v) is 9.50. The maximum atomic E-state index is 12.0. The third kappa shape index (κ3) is 9.60. The summed E-state index contributed by atoms with van der Waals surface area (Å²) in [4.78, 5) is 32.0. The molecular weight excluding hydrogens is 898 g/mol. The molecule has 0 bridgehead atoms. The van der Waals surface area contributed by atoms with Crippen LogP contribution < -0.4 is 24.3 Å². The van der Waals surface area contributed by atoms with Crippen LogP contribution in [-0.4, -0.2) is 84.4 Å². The fourth-order valence-electron chi connectivity index (χ4n) is 8.06. The van der Waals surface area contributed by atoms with E-state index in [1.165, 1.54) is 20.3 Å². The Morgan fingerprint density at radius 2 is 1.20 bits per heavy atom. The Morgan fingerprint density at radius 3 is 1.61 bits per heavy atom. The predicted octanol–water partition coefficient (Wildman–Crippen LogP) is 9.75. The second-order valence-corrected chi connectivity index (χ2v) is 16.7. The first kappa shape index (κ1) is 46.1. The van der Waals surface area contributed by atoms with Crippen molar-refractivity contribution in [3.05, 3.63) is 105 Å². The Hall–Kier alpha value is -5.93. The highest BCUT2D eigenvalue weighted by Crippen LogP contribution is 2.47. The van der Waals surface area contributed by atoms with Gasteiger partial charge in [0.1, 0.15) is 40.7 Å². The Kier molecular flexibility index (Phi) is 14.6.